The molecule has 1 amide bonds. The van der Waals surface area contributed by atoms with E-state index < -0.39 is 0 Å². The molecule has 0 saturated carbocycles. The lowest BCUT2D eigenvalue weighted by atomic mass is 10.1. The van der Waals surface area contributed by atoms with Gasteiger partial charge in [0.15, 0.2) is 5.78 Å². The van der Waals surface area contributed by atoms with Gasteiger partial charge in [0.05, 0.1) is 6.42 Å². The van der Waals surface area contributed by atoms with Gasteiger partial charge in [-0.2, -0.15) is 0 Å². The molecular weight excluding hydrogens is 216 g/mol. The van der Waals surface area contributed by atoms with E-state index in [2.05, 4.69) is 10.3 Å². The summed E-state index contributed by atoms with van der Waals surface area (Å²) in [6, 6.07) is 10.7. The Bertz CT molecular complexity index is 503. The van der Waals surface area contributed by atoms with E-state index in [1.807, 2.05) is 18.2 Å². The standard InChI is InChI=1S/C13H12N2O2/c16-12(10-6-7-14-9-10)8-13(17)15-11-4-2-1-3-5-11/h1-7,9,14H,8H2,(H,15,17). The number of hydrogen-bond acceptors (Lipinski definition) is 2. The van der Waals surface area contributed by atoms with E-state index in [0.29, 0.717) is 11.3 Å². The molecule has 0 aliphatic heterocycles. The van der Waals surface area contributed by atoms with Crippen molar-refractivity contribution in [1.82, 2.24) is 4.98 Å². The molecular formula is C13H12N2O2. The molecule has 0 unspecified atom stereocenters. The normalized spacial score (nSPS) is 9.88. The Balaban J connectivity index is 1.92. The third-order valence-electron chi connectivity index (χ3n) is 2.30. The average Bonchev–Trinajstić information content (AvgIpc) is 2.83. The van der Waals surface area contributed by atoms with Crippen LogP contribution in [-0.4, -0.2) is 16.7 Å². The lowest BCUT2D eigenvalue weighted by Gasteiger charge is -2.03. The molecule has 0 bridgehead atoms. The fourth-order valence-electron chi connectivity index (χ4n) is 1.47. The number of H-pyrrole nitrogens is 1. The number of hydrogen-bond donors (Lipinski definition) is 2. The highest BCUT2D eigenvalue weighted by atomic mass is 16.2. The summed E-state index contributed by atoms with van der Waals surface area (Å²) in [6.07, 6.45) is 3.09. The van der Waals surface area contributed by atoms with Crippen molar-refractivity contribution in [3.63, 3.8) is 0 Å². The summed E-state index contributed by atoms with van der Waals surface area (Å²) < 4.78 is 0. The maximum Gasteiger partial charge on any atom is 0.232 e. The zero-order valence-electron chi connectivity index (χ0n) is 9.14. The van der Waals surface area contributed by atoms with E-state index in [0.717, 1.165) is 0 Å². The smallest absolute Gasteiger partial charge is 0.232 e. The van der Waals surface area contributed by atoms with Crippen LogP contribution in [0.2, 0.25) is 0 Å². The molecule has 86 valence electrons. The molecule has 4 heteroatoms. The van der Waals surface area contributed by atoms with E-state index in [1.165, 1.54) is 0 Å². The second-order valence-corrected chi connectivity index (χ2v) is 3.61. The van der Waals surface area contributed by atoms with Crippen LogP contribution >= 0.6 is 0 Å². The van der Waals surface area contributed by atoms with Crippen LogP contribution in [0.4, 0.5) is 5.69 Å². The molecule has 2 rings (SSSR count). The largest absolute Gasteiger partial charge is 0.367 e. The third kappa shape index (κ3) is 3.04. The molecule has 1 heterocycles. The lowest BCUT2D eigenvalue weighted by molar-refractivity contribution is -0.115. The number of rotatable bonds is 4. The van der Waals surface area contributed by atoms with E-state index in [9.17, 15) is 9.59 Å². The highest BCUT2D eigenvalue weighted by molar-refractivity contribution is 6.10. The van der Waals surface area contributed by atoms with Crippen LogP contribution in [0.5, 0.6) is 0 Å². The molecule has 2 N–H and O–H groups in total. The van der Waals surface area contributed by atoms with Crippen molar-refractivity contribution in [2.75, 3.05) is 5.32 Å². The van der Waals surface area contributed by atoms with E-state index in [-0.39, 0.29) is 18.1 Å². The lowest BCUT2D eigenvalue weighted by Crippen LogP contribution is -2.16. The Hall–Kier alpha value is -2.36. The number of carbonyl (C=O) groups is 2. The number of Topliss-reactive ketones (excluding diaryl/α,β-unsaturated/α-hetero) is 1. The average molecular weight is 228 g/mol. The van der Waals surface area contributed by atoms with Crippen LogP contribution in [0.15, 0.2) is 48.8 Å². The summed E-state index contributed by atoms with van der Waals surface area (Å²) in [5.74, 6) is -0.498. The monoisotopic (exact) mass is 228 g/mol. The van der Waals surface area contributed by atoms with Gasteiger partial charge in [-0.05, 0) is 18.2 Å². The second-order valence-electron chi connectivity index (χ2n) is 3.61. The maximum absolute atomic E-state index is 11.6. The first-order chi connectivity index (χ1) is 8.25. The predicted molar refractivity (Wildman–Crippen MR) is 64.8 cm³/mol. The molecule has 0 aliphatic rings. The minimum atomic E-state index is -0.303. The number of anilines is 1. The van der Waals surface area contributed by atoms with Crippen molar-refractivity contribution < 1.29 is 9.59 Å². The highest BCUT2D eigenvalue weighted by Crippen LogP contribution is 2.07. The first kappa shape index (κ1) is 11.1. The zero-order valence-corrected chi connectivity index (χ0v) is 9.14. The highest BCUT2D eigenvalue weighted by Gasteiger charge is 2.11. The van der Waals surface area contributed by atoms with Gasteiger partial charge in [-0.3, -0.25) is 9.59 Å². The topological polar surface area (TPSA) is 62.0 Å². The number of carbonyl (C=O) groups excluding carboxylic acids is 2. The SMILES string of the molecule is O=C(CC(=O)c1cc[nH]c1)Nc1ccccc1. The van der Waals surface area contributed by atoms with Gasteiger partial charge in [-0.25, -0.2) is 0 Å². The van der Waals surface area contributed by atoms with Gasteiger partial charge in [0.1, 0.15) is 0 Å². The third-order valence-corrected chi connectivity index (χ3v) is 2.30. The summed E-state index contributed by atoms with van der Waals surface area (Å²) >= 11 is 0. The molecule has 0 aliphatic carbocycles. The molecule has 0 atom stereocenters. The second kappa shape index (κ2) is 5.12. The van der Waals surface area contributed by atoms with Crippen LogP contribution in [-0.2, 0) is 4.79 Å². The molecule has 17 heavy (non-hydrogen) atoms. The minimum Gasteiger partial charge on any atom is -0.367 e. The molecule has 1 aromatic heterocycles. The maximum atomic E-state index is 11.6. The predicted octanol–water partition coefficient (Wildman–Crippen LogP) is 2.23. The Labute approximate surface area is 98.7 Å². The number of aromatic nitrogens is 1. The van der Waals surface area contributed by atoms with Crippen molar-refractivity contribution in [1.29, 1.82) is 0 Å². The van der Waals surface area contributed by atoms with Crippen molar-refractivity contribution in [3.8, 4) is 0 Å². The molecule has 0 radical (unpaired) electrons. The number of nitrogens with one attached hydrogen (secondary N) is 2. The molecule has 0 saturated heterocycles. The molecule has 1 aromatic carbocycles. The number of aromatic amines is 1. The summed E-state index contributed by atoms with van der Waals surface area (Å²) in [5.41, 5.74) is 1.22. The van der Waals surface area contributed by atoms with E-state index in [1.54, 1.807) is 30.6 Å². The van der Waals surface area contributed by atoms with Gasteiger partial charge < -0.3 is 10.3 Å². The van der Waals surface area contributed by atoms with Gasteiger partial charge in [-0.15, -0.1) is 0 Å². The van der Waals surface area contributed by atoms with Gasteiger partial charge in [0, 0.05) is 23.6 Å². The van der Waals surface area contributed by atoms with Crippen molar-refractivity contribution >= 4 is 17.4 Å². The summed E-state index contributed by atoms with van der Waals surface area (Å²) in [5, 5.41) is 2.66. The van der Waals surface area contributed by atoms with E-state index >= 15 is 0 Å². The zero-order chi connectivity index (χ0) is 12.1. The first-order valence-corrected chi connectivity index (χ1v) is 5.26. The number of ketones is 1. The number of para-hydroxylation sites is 1. The van der Waals surface area contributed by atoms with Gasteiger partial charge >= 0.3 is 0 Å². The van der Waals surface area contributed by atoms with Gasteiger partial charge in [0.25, 0.3) is 0 Å². The van der Waals surface area contributed by atoms with Crippen molar-refractivity contribution in [2.45, 2.75) is 6.42 Å². The summed E-state index contributed by atoms with van der Waals surface area (Å²) in [7, 11) is 0. The molecule has 4 nitrogen and oxygen atoms in total. The quantitative estimate of drug-likeness (QED) is 0.622. The number of amides is 1. The van der Waals surface area contributed by atoms with Crippen molar-refractivity contribution in [2.24, 2.45) is 0 Å². The van der Waals surface area contributed by atoms with Crippen molar-refractivity contribution in [3.05, 3.63) is 54.4 Å². The van der Waals surface area contributed by atoms with Crippen LogP contribution < -0.4 is 5.32 Å². The van der Waals surface area contributed by atoms with Crippen LogP contribution in [0.3, 0.4) is 0 Å². The molecule has 0 spiro atoms. The van der Waals surface area contributed by atoms with Crippen LogP contribution in [0, 0.1) is 0 Å². The summed E-state index contributed by atoms with van der Waals surface area (Å²) in [6.45, 7) is 0. The Kier molecular flexibility index (Phi) is 3.35. The Morgan fingerprint density at radius 3 is 2.53 bits per heavy atom. The van der Waals surface area contributed by atoms with Gasteiger partial charge in [0.2, 0.25) is 5.91 Å². The summed E-state index contributed by atoms with van der Waals surface area (Å²) in [4.78, 5) is 26.0. The molecule has 2 aromatic rings. The Morgan fingerprint density at radius 2 is 1.88 bits per heavy atom. The van der Waals surface area contributed by atoms with Crippen LogP contribution in [0.25, 0.3) is 0 Å². The fraction of sp³-hybridized carbons (Fsp3) is 0.0769. The minimum absolute atomic E-state index is 0.146. The Morgan fingerprint density at radius 1 is 1.12 bits per heavy atom. The van der Waals surface area contributed by atoms with Gasteiger partial charge in [-0.1, -0.05) is 18.2 Å². The number of benzene rings is 1. The molecule has 0 fully saturated rings. The van der Waals surface area contributed by atoms with E-state index in [4.69, 9.17) is 0 Å². The first-order valence-electron chi connectivity index (χ1n) is 5.26. The van der Waals surface area contributed by atoms with Crippen LogP contribution in [0.1, 0.15) is 16.8 Å². The fourth-order valence-corrected chi connectivity index (χ4v) is 1.47.